The quantitative estimate of drug-likeness (QED) is 0.654. The van der Waals surface area contributed by atoms with Gasteiger partial charge in [0.1, 0.15) is 5.75 Å². The summed E-state index contributed by atoms with van der Waals surface area (Å²) in [6.07, 6.45) is 0. The van der Waals surface area contributed by atoms with Crippen molar-refractivity contribution in [3.05, 3.63) is 23.8 Å². The average Bonchev–Trinajstić information content (AvgIpc) is 2.35. The summed E-state index contributed by atoms with van der Waals surface area (Å²) in [5.74, 6) is 0.123. The lowest BCUT2D eigenvalue weighted by Crippen LogP contribution is -2.47. The van der Waals surface area contributed by atoms with Crippen LogP contribution in [0.2, 0.25) is 0 Å². The van der Waals surface area contributed by atoms with Crippen LogP contribution in [0.3, 0.4) is 0 Å². The van der Waals surface area contributed by atoms with Crippen LogP contribution < -0.4 is 15.8 Å². The van der Waals surface area contributed by atoms with Crippen molar-refractivity contribution in [2.24, 2.45) is 0 Å². The van der Waals surface area contributed by atoms with Gasteiger partial charge in [0.2, 0.25) is 0 Å². The van der Waals surface area contributed by atoms with E-state index < -0.39 is 5.60 Å². The first-order valence-electron chi connectivity index (χ1n) is 6.34. The average molecular weight is 281 g/mol. The molecule has 0 saturated heterocycles. The fourth-order valence-corrected chi connectivity index (χ4v) is 2.02. The SMILES string of the molecule is COc1cccc(C(=O)NCC(C)(O)CN(C)C)c1N. The van der Waals surface area contributed by atoms with Crippen molar-refractivity contribution in [3.63, 3.8) is 0 Å². The molecule has 0 bridgehead atoms. The Labute approximate surface area is 119 Å². The molecule has 0 aliphatic heterocycles. The van der Waals surface area contributed by atoms with Gasteiger partial charge in [0.05, 0.1) is 24.0 Å². The van der Waals surface area contributed by atoms with Crippen LogP contribution in [-0.4, -0.2) is 55.8 Å². The van der Waals surface area contributed by atoms with Crippen molar-refractivity contribution in [2.45, 2.75) is 12.5 Å². The number of methoxy groups -OCH3 is 1. The molecule has 0 spiro atoms. The minimum absolute atomic E-state index is 0.140. The number of nitrogens with one attached hydrogen (secondary N) is 1. The molecule has 1 aromatic rings. The Morgan fingerprint density at radius 2 is 2.15 bits per heavy atom. The number of rotatable bonds is 6. The van der Waals surface area contributed by atoms with E-state index in [4.69, 9.17) is 10.5 Å². The first-order valence-corrected chi connectivity index (χ1v) is 6.34. The molecular weight excluding hydrogens is 258 g/mol. The Kier molecular flexibility index (Phi) is 5.35. The van der Waals surface area contributed by atoms with Crippen LogP contribution in [0.1, 0.15) is 17.3 Å². The lowest BCUT2D eigenvalue weighted by molar-refractivity contribution is 0.0326. The molecular formula is C14H23N3O3. The summed E-state index contributed by atoms with van der Waals surface area (Å²) < 4.78 is 5.07. The highest BCUT2D eigenvalue weighted by atomic mass is 16.5. The van der Waals surface area contributed by atoms with E-state index in [1.807, 2.05) is 19.0 Å². The second kappa shape index (κ2) is 6.58. The Morgan fingerprint density at radius 1 is 1.50 bits per heavy atom. The first-order chi connectivity index (χ1) is 9.26. The van der Waals surface area contributed by atoms with Crippen molar-refractivity contribution in [1.82, 2.24) is 10.2 Å². The van der Waals surface area contributed by atoms with Gasteiger partial charge in [0.15, 0.2) is 0 Å². The summed E-state index contributed by atoms with van der Waals surface area (Å²) >= 11 is 0. The molecule has 1 rings (SSSR count). The van der Waals surface area contributed by atoms with Crippen LogP contribution >= 0.6 is 0 Å². The Hall–Kier alpha value is -1.79. The number of anilines is 1. The van der Waals surface area contributed by atoms with Gasteiger partial charge >= 0.3 is 0 Å². The molecule has 0 saturated carbocycles. The van der Waals surface area contributed by atoms with Crippen molar-refractivity contribution < 1.29 is 14.6 Å². The maximum absolute atomic E-state index is 12.1. The lowest BCUT2D eigenvalue weighted by Gasteiger charge is -2.27. The van der Waals surface area contributed by atoms with Gasteiger partial charge in [-0.25, -0.2) is 0 Å². The molecule has 6 nitrogen and oxygen atoms in total. The van der Waals surface area contributed by atoms with Crippen LogP contribution in [0.4, 0.5) is 5.69 Å². The highest BCUT2D eigenvalue weighted by Crippen LogP contribution is 2.24. The zero-order valence-electron chi connectivity index (χ0n) is 12.4. The molecule has 1 aromatic carbocycles. The van der Waals surface area contributed by atoms with Crippen LogP contribution in [0.15, 0.2) is 18.2 Å². The van der Waals surface area contributed by atoms with Crippen LogP contribution in [-0.2, 0) is 0 Å². The maximum Gasteiger partial charge on any atom is 0.253 e. The van der Waals surface area contributed by atoms with Crippen LogP contribution in [0.5, 0.6) is 5.75 Å². The monoisotopic (exact) mass is 281 g/mol. The van der Waals surface area contributed by atoms with Gasteiger partial charge in [0, 0.05) is 13.1 Å². The topological polar surface area (TPSA) is 87.8 Å². The highest BCUT2D eigenvalue weighted by molar-refractivity contribution is 6.00. The number of hydrogen-bond donors (Lipinski definition) is 3. The van der Waals surface area contributed by atoms with Gasteiger partial charge in [-0.2, -0.15) is 0 Å². The predicted molar refractivity (Wildman–Crippen MR) is 78.9 cm³/mol. The van der Waals surface area contributed by atoms with E-state index >= 15 is 0 Å². The Bertz CT molecular complexity index is 473. The fraction of sp³-hybridized carbons (Fsp3) is 0.500. The number of nitrogens with two attached hydrogens (primary N) is 1. The number of amides is 1. The Morgan fingerprint density at radius 3 is 2.70 bits per heavy atom. The lowest BCUT2D eigenvalue weighted by atomic mass is 10.1. The molecule has 0 fully saturated rings. The number of likely N-dealkylation sites (N-methyl/N-ethyl adjacent to an activating group) is 1. The van der Waals surface area contributed by atoms with Crippen molar-refractivity contribution in [1.29, 1.82) is 0 Å². The van der Waals surface area contributed by atoms with E-state index in [9.17, 15) is 9.90 Å². The third-order valence-electron chi connectivity index (χ3n) is 2.82. The summed E-state index contributed by atoms with van der Waals surface area (Å²) in [6, 6.07) is 5.00. The molecule has 6 heteroatoms. The van der Waals surface area contributed by atoms with Gasteiger partial charge in [-0.3, -0.25) is 4.79 Å². The molecule has 0 aliphatic carbocycles. The van der Waals surface area contributed by atoms with Gasteiger partial charge in [-0.15, -0.1) is 0 Å². The summed E-state index contributed by atoms with van der Waals surface area (Å²) in [7, 11) is 5.21. The zero-order valence-corrected chi connectivity index (χ0v) is 12.4. The number of carbonyl (C=O) groups excluding carboxylic acids is 1. The zero-order chi connectivity index (χ0) is 15.3. The largest absolute Gasteiger partial charge is 0.495 e. The van der Waals surface area contributed by atoms with Crippen LogP contribution in [0.25, 0.3) is 0 Å². The van der Waals surface area contributed by atoms with E-state index in [0.717, 1.165) is 0 Å². The third-order valence-corrected chi connectivity index (χ3v) is 2.82. The molecule has 0 aromatic heterocycles. The molecule has 4 N–H and O–H groups in total. The number of para-hydroxylation sites is 1. The van der Waals surface area contributed by atoms with E-state index in [2.05, 4.69) is 5.32 Å². The number of hydrogen-bond acceptors (Lipinski definition) is 5. The minimum atomic E-state index is -1.01. The van der Waals surface area contributed by atoms with E-state index in [0.29, 0.717) is 23.5 Å². The number of benzene rings is 1. The second-order valence-electron chi connectivity index (χ2n) is 5.34. The third kappa shape index (κ3) is 4.40. The first kappa shape index (κ1) is 16.3. The van der Waals surface area contributed by atoms with Gasteiger partial charge in [-0.05, 0) is 33.2 Å². The van der Waals surface area contributed by atoms with Gasteiger partial charge < -0.3 is 25.8 Å². The standard InChI is InChI=1S/C14H23N3O3/c1-14(19,9-17(2)3)8-16-13(18)10-6-5-7-11(20-4)12(10)15/h5-7,19H,8-9,15H2,1-4H3,(H,16,18). The molecule has 112 valence electrons. The summed E-state index contributed by atoms with van der Waals surface area (Å²) in [5, 5.41) is 12.8. The molecule has 0 heterocycles. The smallest absolute Gasteiger partial charge is 0.253 e. The summed E-state index contributed by atoms with van der Waals surface area (Å²) in [4.78, 5) is 13.9. The minimum Gasteiger partial charge on any atom is -0.495 e. The normalized spacial score (nSPS) is 13.9. The van der Waals surface area contributed by atoms with E-state index in [1.165, 1.54) is 7.11 Å². The van der Waals surface area contributed by atoms with Gasteiger partial charge in [-0.1, -0.05) is 6.07 Å². The summed E-state index contributed by atoms with van der Waals surface area (Å²) in [5.41, 5.74) is 5.48. The number of nitrogen functional groups attached to an aromatic ring is 1. The molecule has 1 unspecified atom stereocenters. The molecule has 20 heavy (non-hydrogen) atoms. The van der Waals surface area contributed by atoms with Crippen molar-refractivity contribution in [2.75, 3.05) is 40.0 Å². The maximum atomic E-state index is 12.1. The molecule has 1 amide bonds. The van der Waals surface area contributed by atoms with Gasteiger partial charge in [0.25, 0.3) is 5.91 Å². The van der Waals surface area contributed by atoms with Crippen molar-refractivity contribution in [3.8, 4) is 5.75 Å². The second-order valence-corrected chi connectivity index (χ2v) is 5.34. The molecule has 1 atom stereocenters. The highest BCUT2D eigenvalue weighted by Gasteiger charge is 2.23. The number of carbonyl (C=O) groups is 1. The number of nitrogens with zero attached hydrogens (tertiary/aromatic N) is 1. The molecule has 0 aliphatic rings. The molecule has 0 radical (unpaired) electrons. The van der Waals surface area contributed by atoms with E-state index in [1.54, 1.807) is 25.1 Å². The Balaban J connectivity index is 2.73. The number of aliphatic hydroxyl groups is 1. The van der Waals surface area contributed by atoms with Crippen molar-refractivity contribution >= 4 is 11.6 Å². The van der Waals surface area contributed by atoms with E-state index in [-0.39, 0.29) is 12.5 Å². The summed E-state index contributed by atoms with van der Waals surface area (Å²) in [6.45, 7) is 2.25. The predicted octanol–water partition coefficient (Wildman–Crippen LogP) is 0.320. The van der Waals surface area contributed by atoms with Crippen LogP contribution in [0, 0.1) is 0 Å². The number of ether oxygens (including phenoxy) is 1. The fourth-order valence-electron chi connectivity index (χ4n) is 2.02.